The Morgan fingerprint density at radius 3 is 2.57 bits per heavy atom. The molecule has 0 radical (unpaired) electrons. The number of nitro groups is 1. The van der Waals surface area contributed by atoms with Gasteiger partial charge in [0.15, 0.2) is 9.84 Å². The Morgan fingerprint density at radius 2 is 2.05 bits per heavy atom. The molecule has 7 nitrogen and oxygen atoms in total. The Bertz CT molecular complexity index is 601. The second kappa shape index (κ2) is 7.26. The molecule has 0 aromatic heterocycles. The van der Waals surface area contributed by atoms with Gasteiger partial charge in [0.1, 0.15) is 11.4 Å². The minimum absolute atomic E-state index is 0.0460. The van der Waals surface area contributed by atoms with E-state index in [4.69, 9.17) is 4.74 Å². The molecule has 1 atom stereocenters. The number of nitrogens with one attached hydrogen (secondary N) is 1. The Labute approximate surface area is 124 Å². The standard InChI is InChI=1S/C13H20N2O5S/c1-4-20-11-6-7-12(13(8-11)15(16)17)14-10(3)9-21(18,19)5-2/h6-8,10,14H,4-5,9H2,1-3H3. The summed E-state index contributed by atoms with van der Waals surface area (Å²) in [6.07, 6.45) is 0. The van der Waals surface area contributed by atoms with Crippen molar-refractivity contribution < 1.29 is 18.1 Å². The molecule has 0 aliphatic carbocycles. The lowest BCUT2D eigenvalue weighted by atomic mass is 10.2. The number of hydrogen-bond donors (Lipinski definition) is 1. The lowest BCUT2D eigenvalue weighted by molar-refractivity contribution is -0.384. The summed E-state index contributed by atoms with van der Waals surface area (Å²) in [4.78, 5) is 10.6. The van der Waals surface area contributed by atoms with Gasteiger partial charge in [-0.1, -0.05) is 6.92 Å². The second-order valence-electron chi connectivity index (χ2n) is 4.61. The van der Waals surface area contributed by atoms with Crippen molar-refractivity contribution in [2.24, 2.45) is 0 Å². The number of benzene rings is 1. The third-order valence-corrected chi connectivity index (χ3v) is 4.71. The van der Waals surface area contributed by atoms with E-state index in [1.165, 1.54) is 12.1 Å². The van der Waals surface area contributed by atoms with Crippen LogP contribution in [0, 0.1) is 10.1 Å². The van der Waals surface area contributed by atoms with Crippen molar-refractivity contribution in [2.75, 3.05) is 23.4 Å². The van der Waals surface area contributed by atoms with Crippen molar-refractivity contribution in [3.8, 4) is 5.75 Å². The van der Waals surface area contributed by atoms with Crippen LogP contribution in [0.3, 0.4) is 0 Å². The molecule has 8 heteroatoms. The molecule has 0 aliphatic heterocycles. The van der Waals surface area contributed by atoms with Gasteiger partial charge < -0.3 is 10.1 Å². The first kappa shape index (κ1) is 17.2. The van der Waals surface area contributed by atoms with Crippen molar-refractivity contribution in [1.29, 1.82) is 0 Å². The van der Waals surface area contributed by atoms with Crippen molar-refractivity contribution in [3.63, 3.8) is 0 Å². The highest BCUT2D eigenvalue weighted by Crippen LogP contribution is 2.29. The zero-order chi connectivity index (χ0) is 16.0. The zero-order valence-electron chi connectivity index (χ0n) is 12.3. The highest BCUT2D eigenvalue weighted by Gasteiger charge is 2.19. The van der Waals surface area contributed by atoms with Crippen LogP contribution in [0.15, 0.2) is 18.2 Å². The lowest BCUT2D eigenvalue weighted by Crippen LogP contribution is -2.27. The molecular formula is C13H20N2O5S. The van der Waals surface area contributed by atoms with Crippen LogP contribution in [-0.4, -0.2) is 37.5 Å². The quantitative estimate of drug-likeness (QED) is 0.583. The molecule has 1 N–H and O–H groups in total. The number of ether oxygens (including phenoxy) is 1. The van der Waals surface area contributed by atoms with Crippen LogP contribution >= 0.6 is 0 Å². The number of rotatable bonds is 8. The molecule has 1 aromatic carbocycles. The van der Waals surface area contributed by atoms with Gasteiger partial charge in [0.25, 0.3) is 5.69 Å². The number of anilines is 1. The summed E-state index contributed by atoms with van der Waals surface area (Å²) >= 11 is 0. The highest BCUT2D eigenvalue weighted by molar-refractivity contribution is 7.91. The van der Waals surface area contributed by atoms with Gasteiger partial charge in [0, 0.05) is 11.8 Å². The minimum Gasteiger partial charge on any atom is -0.494 e. The zero-order valence-corrected chi connectivity index (χ0v) is 13.1. The van der Waals surface area contributed by atoms with Gasteiger partial charge in [-0.2, -0.15) is 0 Å². The number of sulfone groups is 1. The smallest absolute Gasteiger partial charge is 0.296 e. The van der Waals surface area contributed by atoms with E-state index in [0.717, 1.165) is 0 Å². The van der Waals surface area contributed by atoms with Crippen LogP contribution in [-0.2, 0) is 9.84 Å². The second-order valence-corrected chi connectivity index (χ2v) is 7.01. The topological polar surface area (TPSA) is 98.5 Å². The van der Waals surface area contributed by atoms with Gasteiger partial charge in [-0.3, -0.25) is 10.1 Å². The summed E-state index contributed by atoms with van der Waals surface area (Å²) in [6, 6.07) is 4.04. The van der Waals surface area contributed by atoms with Crippen LogP contribution in [0.4, 0.5) is 11.4 Å². The fourth-order valence-electron chi connectivity index (χ4n) is 1.85. The Balaban J connectivity index is 2.94. The van der Waals surface area contributed by atoms with Crippen LogP contribution in [0.5, 0.6) is 5.75 Å². The van der Waals surface area contributed by atoms with E-state index >= 15 is 0 Å². The van der Waals surface area contributed by atoms with Crippen molar-refractivity contribution in [1.82, 2.24) is 0 Å². The van der Waals surface area contributed by atoms with E-state index < -0.39 is 20.8 Å². The summed E-state index contributed by atoms with van der Waals surface area (Å²) in [5.41, 5.74) is 0.143. The molecule has 0 heterocycles. The van der Waals surface area contributed by atoms with Gasteiger partial charge in [-0.15, -0.1) is 0 Å². The van der Waals surface area contributed by atoms with Crippen LogP contribution in [0.2, 0.25) is 0 Å². The van der Waals surface area contributed by atoms with E-state index in [2.05, 4.69) is 5.32 Å². The van der Waals surface area contributed by atoms with Gasteiger partial charge in [-0.25, -0.2) is 8.42 Å². The predicted molar refractivity (Wildman–Crippen MR) is 81.7 cm³/mol. The summed E-state index contributed by atoms with van der Waals surface area (Å²) in [5.74, 6) is 0.377. The van der Waals surface area contributed by atoms with E-state index in [9.17, 15) is 18.5 Å². The number of nitrogens with zero attached hydrogens (tertiary/aromatic N) is 1. The summed E-state index contributed by atoms with van der Waals surface area (Å²) in [6.45, 7) is 5.44. The maximum Gasteiger partial charge on any atom is 0.296 e. The number of nitro benzene ring substituents is 1. The van der Waals surface area contributed by atoms with Crippen LogP contribution in [0.1, 0.15) is 20.8 Å². The van der Waals surface area contributed by atoms with E-state index in [1.807, 2.05) is 0 Å². The first-order valence-electron chi connectivity index (χ1n) is 6.67. The van der Waals surface area contributed by atoms with Crippen molar-refractivity contribution >= 4 is 21.2 Å². The first-order chi connectivity index (χ1) is 9.79. The third kappa shape index (κ3) is 5.22. The maximum absolute atomic E-state index is 11.6. The van der Waals surface area contributed by atoms with Gasteiger partial charge in [0.05, 0.1) is 23.3 Å². The highest BCUT2D eigenvalue weighted by atomic mass is 32.2. The molecule has 1 unspecified atom stereocenters. The van der Waals surface area contributed by atoms with Gasteiger partial charge >= 0.3 is 0 Å². The van der Waals surface area contributed by atoms with Gasteiger partial charge in [0.2, 0.25) is 0 Å². The van der Waals surface area contributed by atoms with E-state index in [1.54, 1.807) is 26.8 Å². The first-order valence-corrected chi connectivity index (χ1v) is 8.49. The Hall–Kier alpha value is -1.83. The molecule has 0 aliphatic rings. The molecule has 0 spiro atoms. The Morgan fingerprint density at radius 1 is 1.38 bits per heavy atom. The molecule has 0 saturated heterocycles. The molecule has 1 rings (SSSR count). The predicted octanol–water partition coefficient (Wildman–Crippen LogP) is 2.23. The molecule has 0 fully saturated rings. The minimum atomic E-state index is -3.15. The molecule has 0 bridgehead atoms. The van der Waals surface area contributed by atoms with Crippen molar-refractivity contribution in [2.45, 2.75) is 26.8 Å². The summed E-state index contributed by atoms with van der Waals surface area (Å²) in [5, 5.41) is 14.0. The monoisotopic (exact) mass is 316 g/mol. The average molecular weight is 316 g/mol. The van der Waals surface area contributed by atoms with Crippen LogP contribution < -0.4 is 10.1 Å². The normalized spacial score (nSPS) is 12.7. The molecule has 0 saturated carbocycles. The summed E-state index contributed by atoms with van der Waals surface area (Å²) in [7, 11) is -3.15. The number of hydrogen-bond acceptors (Lipinski definition) is 6. The molecule has 21 heavy (non-hydrogen) atoms. The lowest BCUT2D eigenvalue weighted by Gasteiger charge is -2.15. The van der Waals surface area contributed by atoms with Crippen LogP contribution in [0.25, 0.3) is 0 Å². The average Bonchev–Trinajstić information content (AvgIpc) is 2.40. The summed E-state index contributed by atoms with van der Waals surface area (Å²) < 4.78 is 28.4. The van der Waals surface area contributed by atoms with Crippen molar-refractivity contribution in [3.05, 3.63) is 28.3 Å². The molecular weight excluding hydrogens is 296 g/mol. The fraction of sp³-hybridized carbons (Fsp3) is 0.538. The SMILES string of the molecule is CCOc1ccc(NC(C)CS(=O)(=O)CC)c([N+](=O)[O-])c1. The van der Waals surface area contributed by atoms with Gasteiger partial charge in [-0.05, 0) is 26.0 Å². The largest absolute Gasteiger partial charge is 0.494 e. The van der Waals surface area contributed by atoms with E-state index in [0.29, 0.717) is 12.4 Å². The molecule has 118 valence electrons. The molecule has 1 aromatic rings. The third-order valence-electron chi connectivity index (χ3n) is 2.82. The Kier molecular flexibility index (Phi) is 5.95. The maximum atomic E-state index is 11.6. The van der Waals surface area contributed by atoms with E-state index in [-0.39, 0.29) is 22.9 Å². The molecule has 0 amide bonds. The fourth-order valence-corrected chi connectivity index (χ4v) is 2.93.